The maximum absolute atomic E-state index is 11.9. The summed E-state index contributed by atoms with van der Waals surface area (Å²) < 4.78 is 64.3. The van der Waals surface area contributed by atoms with E-state index in [-0.39, 0.29) is 11.4 Å². The van der Waals surface area contributed by atoms with Crippen LogP contribution in [0.5, 0.6) is 0 Å². The molecule has 0 amide bonds. The maximum Gasteiger partial charge on any atom is 0.490 e. The van der Waals surface area contributed by atoms with E-state index in [0.717, 1.165) is 37.5 Å². The van der Waals surface area contributed by atoms with Gasteiger partial charge < -0.3 is 9.84 Å². The fraction of sp³-hybridized carbons (Fsp3) is 0.750. The lowest BCUT2D eigenvalue weighted by atomic mass is 9.93. The molecule has 1 aromatic rings. The number of fused-ring (bicyclic) bond motifs is 1. The predicted octanol–water partition coefficient (Wildman–Crippen LogP) is 1.30. The summed E-state index contributed by atoms with van der Waals surface area (Å²) in [5, 5.41) is 10.1. The lowest BCUT2D eigenvalue weighted by Gasteiger charge is -2.19. The second kappa shape index (κ2) is 8.84. The maximum atomic E-state index is 11.9. The van der Waals surface area contributed by atoms with E-state index in [2.05, 4.69) is 14.6 Å². The van der Waals surface area contributed by atoms with E-state index >= 15 is 0 Å². The lowest BCUT2D eigenvalue weighted by molar-refractivity contribution is -0.192. The number of hydrogen-bond donors (Lipinski definition) is 2. The zero-order chi connectivity index (χ0) is 21.2. The average molecular weight is 457 g/mol. The zero-order valence-corrected chi connectivity index (χ0v) is 17.0. The van der Waals surface area contributed by atoms with Gasteiger partial charge in [0.1, 0.15) is 5.01 Å². The van der Waals surface area contributed by atoms with Gasteiger partial charge >= 0.3 is 12.1 Å². The van der Waals surface area contributed by atoms with Crippen molar-refractivity contribution in [3.05, 3.63) is 16.6 Å². The SMILES string of the molecule is O=C(O)C(F)(F)F.O=S(=O)(NC[C@@H]1CO[C@@H]2CN(Cc3nccs3)C[C@H]12)C1CC1. The molecule has 8 nitrogen and oxygen atoms in total. The summed E-state index contributed by atoms with van der Waals surface area (Å²) in [6, 6.07) is 0. The molecule has 3 atom stereocenters. The van der Waals surface area contributed by atoms with Crippen LogP contribution < -0.4 is 4.72 Å². The highest BCUT2D eigenvalue weighted by Gasteiger charge is 2.45. The van der Waals surface area contributed by atoms with Gasteiger partial charge in [-0.3, -0.25) is 4.90 Å². The third-order valence-electron chi connectivity index (χ3n) is 5.11. The van der Waals surface area contributed by atoms with Gasteiger partial charge in [-0.15, -0.1) is 11.3 Å². The molecule has 2 aliphatic heterocycles. The van der Waals surface area contributed by atoms with Crippen LogP contribution in [-0.2, 0) is 26.1 Å². The molecule has 29 heavy (non-hydrogen) atoms. The summed E-state index contributed by atoms with van der Waals surface area (Å²) >= 11 is 1.68. The zero-order valence-electron chi connectivity index (χ0n) is 15.3. The van der Waals surface area contributed by atoms with Crippen molar-refractivity contribution in [3.8, 4) is 0 Å². The van der Waals surface area contributed by atoms with E-state index in [1.54, 1.807) is 11.3 Å². The normalized spacial score (nSPS) is 27.3. The van der Waals surface area contributed by atoms with Crippen molar-refractivity contribution in [1.29, 1.82) is 0 Å². The van der Waals surface area contributed by atoms with Gasteiger partial charge in [-0.05, 0) is 12.8 Å². The van der Waals surface area contributed by atoms with E-state index in [1.165, 1.54) is 0 Å². The third kappa shape index (κ3) is 6.10. The van der Waals surface area contributed by atoms with Crippen LogP contribution >= 0.6 is 11.3 Å². The second-order valence-electron chi connectivity index (χ2n) is 7.31. The van der Waals surface area contributed by atoms with E-state index in [1.807, 2.05) is 11.6 Å². The molecule has 0 unspecified atom stereocenters. The van der Waals surface area contributed by atoms with Gasteiger partial charge in [-0.2, -0.15) is 13.2 Å². The summed E-state index contributed by atoms with van der Waals surface area (Å²) in [6.45, 7) is 3.96. The van der Waals surface area contributed by atoms with Crippen LogP contribution in [0.2, 0.25) is 0 Å². The summed E-state index contributed by atoms with van der Waals surface area (Å²) in [4.78, 5) is 15.6. The standard InChI is InChI=1S/C14H21N3O3S2.C2HF3O2/c18-22(19,11-1-2-11)16-5-10-9-20-13-7-17(6-12(10)13)8-14-15-3-4-21-14;3-2(4,5)1(6)7/h3-4,10-13,16H,1-2,5-9H2;(H,6,7)/t10-,12-,13-;/m1./s1. The molecule has 0 spiro atoms. The Labute approximate surface area is 170 Å². The van der Waals surface area contributed by atoms with Gasteiger partial charge in [0.15, 0.2) is 0 Å². The number of rotatable bonds is 6. The number of sulfonamides is 1. The van der Waals surface area contributed by atoms with Crippen molar-refractivity contribution in [2.75, 3.05) is 26.2 Å². The summed E-state index contributed by atoms with van der Waals surface area (Å²) in [7, 11) is -3.09. The number of aliphatic carboxylic acids is 1. The predicted molar refractivity (Wildman–Crippen MR) is 97.7 cm³/mol. The molecule has 1 aliphatic carbocycles. The van der Waals surface area contributed by atoms with Gasteiger partial charge in [0.2, 0.25) is 10.0 Å². The fourth-order valence-electron chi connectivity index (χ4n) is 3.46. The van der Waals surface area contributed by atoms with E-state index in [4.69, 9.17) is 14.6 Å². The van der Waals surface area contributed by atoms with Gasteiger partial charge in [-0.25, -0.2) is 22.9 Å². The molecule has 3 heterocycles. The number of carboxylic acid groups (broad SMARTS) is 1. The number of thiazole rings is 1. The van der Waals surface area contributed by atoms with Crippen LogP contribution in [0.3, 0.4) is 0 Å². The Balaban J connectivity index is 0.000000298. The first-order chi connectivity index (χ1) is 13.6. The van der Waals surface area contributed by atoms with Crippen LogP contribution in [0.4, 0.5) is 13.2 Å². The molecule has 0 radical (unpaired) electrons. The van der Waals surface area contributed by atoms with Crippen LogP contribution in [0.25, 0.3) is 0 Å². The summed E-state index contributed by atoms with van der Waals surface area (Å²) in [6.07, 6.45) is -1.38. The largest absolute Gasteiger partial charge is 0.490 e. The Morgan fingerprint density at radius 2 is 2.07 bits per heavy atom. The number of nitrogens with zero attached hydrogens (tertiary/aromatic N) is 2. The van der Waals surface area contributed by atoms with Crippen molar-refractivity contribution in [2.24, 2.45) is 11.8 Å². The Bertz CT molecular complexity index is 799. The topological polar surface area (TPSA) is 109 Å². The smallest absolute Gasteiger partial charge is 0.475 e. The minimum Gasteiger partial charge on any atom is -0.475 e. The minimum absolute atomic E-state index is 0.143. The number of nitrogens with one attached hydrogen (secondary N) is 1. The molecular weight excluding hydrogens is 435 g/mol. The van der Waals surface area contributed by atoms with Gasteiger partial charge in [-0.1, -0.05) is 0 Å². The van der Waals surface area contributed by atoms with Crippen LogP contribution in [0.1, 0.15) is 17.8 Å². The number of likely N-dealkylation sites (tertiary alicyclic amines) is 1. The van der Waals surface area contributed by atoms with Crippen LogP contribution in [0.15, 0.2) is 11.6 Å². The first-order valence-corrected chi connectivity index (χ1v) is 11.5. The Morgan fingerprint density at radius 1 is 1.38 bits per heavy atom. The first-order valence-electron chi connectivity index (χ1n) is 9.07. The summed E-state index contributed by atoms with van der Waals surface area (Å²) in [5.74, 6) is -2.03. The number of carboxylic acids is 1. The molecule has 0 aromatic carbocycles. The van der Waals surface area contributed by atoms with Gasteiger partial charge in [0, 0.05) is 43.0 Å². The number of carbonyl (C=O) groups is 1. The van der Waals surface area contributed by atoms with Crippen LogP contribution in [-0.4, -0.2) is 73.1 Å². The highest BCUT2D eigenvalue weighted by atomic mass is 32.2. The molecule has 2 N–H and O–H groups in total. The van der Waals surface area contributed by atoms with Crippen molar-refractivity contribution in [3.63, 3.8) is 0 Å². The lowest BCUT2D eigenvalue weighted by Crippen LogP contribution is -2.35. The molecule has 4 rings (SSSR count). The second-order valence-corrected chi connectivity index (χ2v) is 10.3. The van der Waals surface area contributed by atoms with Gasteiger partial charge in [0.25, 0.3) is 0 Å². The average Bonchev–Trinajstić information content (AvgIpc) is 3.06. The molecule has 2 saturated heterocycles. The van der Waals surface area contributed by atoms with Crippen molar-refractivity contribution >= 4 is 27.3 Å². The molecule has 3 fully saturated rings. The molecule has 0 bridgehead atoms. The number of ether oxygens (including phenoxy) is 1. The first kappa shape index (κ1) is 22.4. The number of hydrogen-bond acceptors (Lipinski definition) is 7. The van der Waals surface area contributed by atoms with Gasteiger partial charge in [0.05, 0.1) is 24.5 Å². The van der Waals surface area contributed by atoms with E-state index in [9.17, 15) is 21.6 Å². The molecule has 3 aliphatic rings. The van der Waals surface area contributed by atoms with E-state index < -0.39 is 22.2 Å². The monoisotopic (exact) mass is 457 g/mol. The molecular formula is C16H22F3N3O5S2. The number of aromatic nitrogens is 1. The molecule has 164 valence electrons. The summed E-state index contributed by atoms with van der Waals surface area (Å²) in [5.41, 5.74) is 0. The minimum atomic E-state index is -5.08. The Morgan fingerprint density at radius 3 is 2.62 bits per heavy atom. The highest BCUT2D eigenvalue weighted by Crippen LogP contribution is 2.35. The van der Waals surface area contributed by atoms with Crippen molar-refractivity contribution < 1.29 is 36.2 Å². The van der Waals surface area contributed by atoms with E-state index in [0.29, 0.717) is 25.0 Å². The quantitative estimate of drug-likeness (QED) is 0.663. The third-order valence-corrected chi connectivity index (χ3v) is 7.79. The fourth-order valence-corrected chi connectivity index (χ4v) is 5.56. The number of halogens is 3. The van der Waals surface area contributed by atoms with Crippen LogP contribution in [0, 0.1) is 11.8 Å². The number of alkyl halides is 3. The molecule has 1 saturated carbocycles. The highest BCUT2D eigenvalue weighted by molar-refractivity contribution is 7.90. The van der Waals surface area contributed by atoms with Crippen molar-refractivity contribution in [2.45, 2.75) is 36.9 Å². The Hall–Kier alpha value is -1.28. The van der Waals surface area contributed by atoms with Crippen molar-refractivity contribution in [1.82, 2.24) is 14.6 Å². The molecule has 1 aromatic heterocycles. The Kier molecular flexibility index (Phi) is 6.83. The molecule has 13 heteroatoms.